The van der Waals surface area contributed by atoms with Crippen molar-refractivity contribution in [1.29, 1.82) is 0 Å². The summed E-state index contributed by atoms with van der Waals surface area (Å²) in [5, 5.41) is 14.6. The lowest BCUT2D eigenvalue weighted by Gasteiger charge is -2.44. The minimum atomic E-state index is -0.415. The second-order valence-electron chi connectivity index (χ2n) is 6.52. The molecule has 2 bridgehead atoms. The summed E-state index contributed by atoms with van der Waals surface area (Å²) in [5.41, 5.74) is 0.516. The summed E-state index contributed by atoms with van der Waals surface area (Å²) in [6.45, 7) is 3.14. The van der Waals surface area contributed by atoms with Crippen LogP contribution in [0.15, 0.2) is 30.5 Å². The summed E-state index contributed by atoms with van der Waals surface area (Å²) < 4.78 is 0. The third-order valence-electron chi connectivity index (χ3n) is 5.04. The first kappa shape index (κ1) is 16.2. The van der Waals surface area contributed by atoms with Crippen LogP contribution in [0.1, 0.15) is 22.6 Å². The predicted molar refractivity (Wildman–Crippen MR) is 94.6 cm³/mol. The van der Waals surface area contributed by atoms with Crippen LogP contribution in [0.4, 0.5) is 5.69 Å². The largest absolute Gasteiger partial charge is 0.346 e. The summed E-state index contributed by atoms with van der Waals surface area (Å²) in [4.78, 5) is 30.5. The van der Waals surface area contributed by atoms with E-state index in [1.807, 2.05) is 0 Å². The van der Waals surface area contributed by atoms with Crippen molar-refractivity contribution in [3.8, 4) is 10.4 Å². The molecule has 0 saturated carbocycles. The van der Waals surface area contributed by atoms with Crippen molar-refractivity contribution >= 4 is 22.9 Å². The van der Waals surface area contributed by atoms with Crippen molar-refractivity contribution in [1.82, 2.24) is 15.2 Å². The normalized spacial score (nSPS) is 24.9. The Bertz CT molecular complexity index is 814. The van der Waals surface area contributed by atoms with Crippen LogP contribution in [0.2, 0.25) is 0 Å². The molecule has 1 amide bonds. The Morgan fingerprint density at radius 2 is 2.08 bits per heavy atom. The van der Waals surface area contributed by atoms with Gasteiger partial charge in [-0.2, -0.15) is 0 Å². The number of fused-ring (bicyclic) bond motifs is 3. The second-order valence-corrected chi connectivity index (χ2v) is 7.55. The highest BCUT2D eigenvalue weighted by Crippen LogP contribution is 2.34. The maximum Gasteiger partial charge on any atom is 0.280 e. The number of carbonyl (C=O) groups is 1. The molecule has 3 fully saturated rings. The maximum absolute atomic E-state index is 12.5. The molecule has 25 heavy (non-hydrogen) atoms. The van der Waals surface area contributed by atoms with Gasteiger partial charge in [0.15, 0.2) is 5.01 Å². The summed E-state index contributed by atoms with van der Waals surface area (Å²) in [7, 11) is 0. The van der Waals surface area contributed by atoms with E-state index in [0.29, 0.717) is 21.4 Å². The van der Waals surface area contributed by atoms with Crippen molar-refractivity contribution in [2.45, 2.75) is 18.9 Å². The highest BCUT2D eigenvalue weighted by atomic mass is 32.1. The van der Waals surface area contributed by atoms with Crippen molar-refractivity contribution in [2.24, 2.45) is 5.92 Å². The molecule has 1 atom stereocenters. The molecule has 3 aliphatic rings. The van der Waals surface area contributed by atoms with E-state index in [9.17, 15) is 14.9 Å². The maximum atomic E-state index is 12.5. The number of aromatic nitrogens is 1. The van der Waals surface area contributed by atoms with Gasteiger partial charge in [-0.05, 0) is 37.9 Å². The molecule has 7 nitrogen and oxygen atoms in total. The molecular weight excluding hydrogens is 340 g/mol. The van der Waals surface area contributed by atoms with Gasteiger partial charge in [0.1, 0.15) is 0 Å². The molecule has 0 radical (unpaired) electrons. The smallest absolute Gasteiger partial charge is 0.280 e. The van der Waals surface area contributed by atoms with Crippen molar-refractivity contribution in [2.75, 3.05) is 19.6 Å². The summed E-state index contributed by atoms with van der Waals surface area (Å²) in [6.07, 6.45) is 3.80. The number of nitrogens with one attached hydrogen (secondary N) is 1. The van der Waals surface area contributed by atoms with Gasteiger partial charge in [-0.1, -0.05) is 12.1 Å². The van der Waals surface area contributed by atoms with Crippen LogP contribution < -0.4 is 5.32 Å². The third-order valence-corrected chi connectivity index (χ3v) is 6.07. The lowest BCUT2D eigenvalue weighted by molar-refractivity contribution is -0.384. The Morgan fingerprint density at radius 1 is 1.32 bits per heavy atom. The Hall–Kier alpha value is -2.32. The first-order valence-electron chi connectivity index (χ1n) is 8.34. The Morgan fingerprint density at radius 3 is 2.76 bits per heavy atom. The number of nitro groups is 1. The van der Waals surface area contributed by atoms with Gasteiger partial charge in [-0.3, -0.25) is 14.9 Å². The third kappa shape index (κ3) is 3.14. The highest BCUT2D eigenvalue weighted by molar-refractivity contribution is 7.17. The van der Waals surface area contributed by atoms with E-state index in [1.165, 1.54) is 17.4 Å². The molecule has 0 spiro atoms. The number of piperidine rings is 3. The van der Waals surface area contributed by atoms with Crippen LogP contribution in [0, 0.1) is 16.0 Å². The van der Waals surface area contributed by atoms with Gasteiger partial charge in [0.2, 0.25) is 0 Å². The van der Waals surface area contributed by atoms with E-state index in [-0.39, 0.29) is 17.6 Å². The van der Waals surface area contributed by atoms with Gasteiger partial charge in [0.25, 0.3) is 11.6 Å². The van der Waals surface area contributed by atoms with Crippen LogP contribution in [-0.2, 0) is 0 Å². The number of thiazole rings is 1. The topological polar surface area (TPSA) is 88.4 Å². The molecule has 3 saturated heterocycles. The molecule has 4 heterocycles. The van der Waals surface area contributed by atoms with Gasteiger partial charge < -0.3 is 10.2 Å². The Kier molecular flexibility index (Phi) is 4.22. The number of rotatable bonds is 4. The van der Waals surface area contributed by atoms with Gasteiger partial charge in [-0.25, -0.2) is 4.98 Å². The summed E-state index contributed by atoms with van der Waals surface area (Å²) in [5.74, 6) is 0.358. The van der Waals surface area contributed by atoms with E-state index in [1.54, 1.807) is 24.4 Å². The minimum Gasteiger partial charge on any atom is -0.346 e. The van der Waals surface area contributed by atoms with Gasteiger partial charge >= 0.3 is 0 Å². The van der Waals surface area contributed by atoms with E-state index in [2.05, 4.69) is 15.2 Å². The molecule has 3 aliphatic heterocycles. The number of carbonyl (C=O) groups excluding carboxylic acids is 1. The fourth-order valence-corrected chi connectivity index (χ4v) is 4.56. The number of hydrogen-bond acceptors (Lipinski definition) is 6. The number of amides is 1. The fourth-order valence-electron chi connectivity index (χ4n) is 3.70. The number of nitro benzene ring substituents is 1. The van der Waals surface area contributed by atoms with E-state index >= 15 is 0 Å². The Balaban J connectivity index is 1.51. The summed E-state index contributed by atoms with van der Waals surface area (Å²) in [6, 6.07) is 6.69. The average Bonchev–Trinajstić information content (AvgIpc) is 3.13. The molecule has 130 valence electrons. The first-order chi connectivity index (χ1) is 12.1. The van der Waals surface area contributed by atoms with E-state index in [4.69, 9.17) is 0 Å². The number of hydrogen-bond donors (Lipinski definition) is 1. The molecule has 8 heteroatoms. The van der Waals surface area contributed by atoms with Crippen molar-refractivity contribution in [3.63, 3.8) is 0 Å². The van der Waals surface area contributed by atoms with Crippen LogP contribution >= 0.6 is 11.3 Å². The number of para-hydroxylation sites is 1. The van der Waals surface area contributed by atoms with Gasteiger partial charge in [-0.15, -0.1) is 11.3 Å². The fraction of sp³-hybridized carbons (Fsp3) is 0.412. The molecule has 2 aromatic rings. The summed E-state index contributed by atoms with van der Waals surface area (Å²) >= 11 is 1.19. The molecule has 1 unspecified atom stereocenters. The first-order valence-corrected chi connectivity index (χ1v) is 9.16. The zero-order valence-electron chi connectivity index (χ0n) is 13.6. The molecule has 1 aromatic heterocycles. The monoisotopic (exact) mass is 358 g/mol. The highest BCUT2D eigenvalue weighted by Gasteiger charge is 2.35. The van der Waals surface area contributed by atoms with Crippen LogP contribution in [0.5, 0.6) is 0 Å². The van der Waals surface area contributed by atoms with Crippen molar-refractivity contribution < 1.29 is 9.72 Å². The zero-order chi connectivity index (χ0) is 17.4. The van der Waals surface area contributed by atoms with E-state index < -0.39 is 4.92 Å². The SMILES string of the molecule is O=C(NC1CN2CCC1CC2)c1ncc(-c2ccccc2[N+](=O)[O-])s1. The van der Waals surface area contributed by atoms with Crippen LogP contribution in [0.3, 0.4) is 0 Å². The zero-order valence-corrected chi connectivity index (χ0v) is 14.4. The molecule has 1 aromatic carbocycles. The minimum absolute atomic E-state index is 0.0236. The number of benzene rings is 1. The van der Waals surface area contributed by atoms with Gasteiger partial charge in [0, 0.05) is 24.8 Å². The molecule has 5 rings (SSSR count). The van der Waals surface area contributed by atoms with Gasteiger partial charge in [0.05, 0.1) is 15.4 Å². The molecule has 0 aliphatic carbocycles. The van der Waals surface area contributed by atoms with Crippen LogP contribution in [-0.4, -0.2) is 46.4 Å². The van der Waals surface area contributed by atoms with E-state index in [0.717, 1.165) is 32.5 Å². The lowest BCUT2D eigenvalue weighted by Crippen LogP contribution is -2.57. The second kappa shape index (κ2) is 6.53. The average molecular weight is 358 g/mol. The molecule has 1 N–H and O–H groups in total. The molecular formula is C17H18N4O3S. The Labute approximate surface area is 148 Å². The standard InChI is InChI=1S/C17H18N4O3S/c22-16(19-13-10-20-7-5-11(13)6-8-20)17-18-9-15(25-17)12-3-1-2-4-14(12)21(23)24/h1-4,9,11,13H,5-8,10H2,(H,19,22). The van der Waals surface area contributed by atoms with Crippen molar-refractivity contribution in [3.05, 3.63) is 45.6 Å². The predicted octanol–water partition coefficient (Wildman–Crippen LogP) is 2.54. The lowest BCUT2D eigenvalue weighted by atomic mass is 9.84. The quantitative estimate of drug-likeness (QED) is 0.670. The number of nitrogens with zero attached hydrogens (tertiary/aromatic N) is 3. The van der Waals surface area contributed by atoms with Crippen LogP contribution in [0.25, 0.3) is 10.4 Å².